The first-order chi connectivity index (χ1) is 24.3. The molecule has 0 spiro atoms. The molecule has 0 unspecified atom stereocenters. The van der Waals surface area contributed by atoms with Crippen molar-refractivity contribution in [3.05, 3.63) is 105 Å². The summed E-state index contributed by atoms with van der Waals surface area (Å²) in [4.78, 5) is 5.63. The SMILES string of the molecule is Fc1nc2c(F)c(F)c(F)c(F)c2c(OC(Oc2c(F)c(F)nc3c(F)c(F)c(F)c(F)c23)Sc2c(F)c(F)nc3c(F)c(F)c(F)c(F)c23)c1F. The highest BCUT2D eigenvalue weighted by Gasteiger charge is 2.36. The van der Waals surface area contributed by atoms with Crippen LogP contribution in [0.1, 0.15) is 0 Å². The average Bonchev–Trinajstić information content (AvgIpc) is 3.11. The molecule has 6 aromatic rings. The summed E-state index contributed by atoms with van der Waals surface area (Å²) in [6.07, 6.45) is 0. The van der Waals surface area contributed by atoms with Crippen LogP contribution in [0.15, 0.2) is 4.90 Å². The van der Waals surface area contributed by atoms with Crippen LogP contribution in [0, 0.1) is 105 Å². The van der Waals surface area contributed by atoms with Gasteiger partial charge in [0.2, 0.25) is 11.6 Å². The molecule has 3 aromatic carbocycles. The second-order valence-corrected chi connectivity index (χ2v) is 10.7. The van der Waals surface area contributed by atoms with E-state index in [0.717, 1.165) is 0 Å². The van der Waals surface area contributed by atoms with Gasteiger partial charge in [-0.25, -0.2) is 72.0 Å². The molecule has 0 amide bonds. The number of hydrogen-bond acceptors (Lipinski definition) is 6. The largest absolute Gasteiger partial charge is 0.441 e. The fraction of sp³-hybridized carbons (Fsp3) is 0.0357. The van der Waals surface area contributed by atoms with Gasteiger partial charge in [0.05, 0.1) is 21.1 Å². The number of halogens is 18. The lowest BCUT2D eigenvalue weighted by Crippen LogP contribution is -2.24. The molecule has 5 nitrogen and oxygen atoms in total. The molecule has 0 saturated carbocycles. The monoisotopic (exact) mass is 785 g/mol. The van der Waals surface area contributed by atoms with Crippen LogP contribution in [-0.2, 0) is 0 Å². The van der Waals surface area contributed by atoms with Gasteiger partial charge in [-0.2, -0.15) is 22.0 Å². The van der Waals surface area contributed by atoms with Crippen LogP contribution in [0.25, 0.3) is 32.7 Å². The Bertz CT molecular complexity index is 2290. The molecule has 0 aliphatic heterocycles. The number of ether oxygens (including phenoxy) is 2. The number of nitrogens with zero attached hydrogens (tertiary/aromatic N) is 3. The molecule has 0 aliphatic rings. The maximum atomic E-state index is 15.2. The standard InChI is InChI=1S/C28HF18N3O2S/c29-4-1-19(13(38)10(35)7(4)32)47-25(44)16(41)22(1)50-28(51-23-2-5(30)8(33)11(36)14(39)20(2)48-26(45)17(23)42)52-24-3-6(31)9(34)12(37)15(40)21(3)49-27(46)18(24)43/h28H. The Hall–Kier alpha value is -5.42. The van der Waals surface area contributed by atoms with Crippen molar-refractivity contribution in [2.75, 3.05) is 0 Å². The third-order valence-corrected chi connectivity index (χ3v) is 7.83. The Morgan fingerprint density at radius 3 is 0.981 bits per heavy atom. The van der Waals surface area contributed by atoms with E-state index in [1.54, 1.807) is 0 Å². The predicted molar refractivity (Wildman–Crippen MR) is 135 cm³/mol. The van der Waals surface area contributed by atoms with Crippen LogP contribution >= 0.6 is 11.8 Å². The number of pyridine rings is 3. The van der Waals surface area contributed by atoms with E-state index in [9.17, 15) is 65.9 Å². The molecule has 6 rings (SSSR count). The number of aromatic nitrogens is 3. The maximum absolute atomic E-state index is 15.2. The summed E-state index contributed by atoms with van der Waals surface area (Å²) in [5.41, 5.74) is -9.29. The zero-order chi connectivity index (χ0) is 38.4. The topological polar surface area (TPSA) is 57.1 Å². The smallest absolute Gasteiger partial charge is 0.295 e. The number of hydrogen-bond donors (Lipinski definition) is 0. The molecule has 0 bridgehead atoms. The summed E-state index contributed by atoms with van der Waals surface area (Å²) >= 11 is -1.02. The van der Waals surface area contributed by atoms with E-state index in [1.807, 2.05) is 0 Å². The second-order valence-electron chi connectivity index (χ2n) is 9.72. The summed E-state index contributed by atoms with van der Waals surface area (Å²) in [5.74, 6) is -52.1. The van der Waals surface area contributed by atoms with E-state index >= 15 is 13.2 Å². The fourth-order valence-corrected chi connectivity index (χ4v) is 5.51. The molecule has 0 fully saturated rings. The molecule has 3 heterocycles. The van der Waals surface area contributed by atoms with Crippen molar-refractivity contribution in [3.8, 4) is 11.5 Å². The van der Waals surface area contributed by atoms with Crippen molar-refractivity contribution >= 4 is 44.5 Å². The van der Waals surface area contributed by atoms with Crippen molar-refractivity contribution in [2.45, 2.75) is 10.5 Å². The number of benzene rings is 3. The second kappa shape index (κ2) is 12.7. The summed E-state index contributed by atoms with van der Waals surface area (Å²) in [7, 11) is 0. The van der Waals surface area contributed by atoms with Crippen molar-refractivity contribution in [2.24, 2.45) is 0 Å². The normalized spacial score (nSPS) is 11.9. The number of thioether (sulfide) groups is 1. The third kappa shape index (κ3) is 5.28. The van der Waals surface area contributed by atoms with E-state index in [-0.39, 0.29) is 0 Å². The molecule has 24 heteroatoms. The van der Waals surface area contributed by atoms with Crippen molar-refractivity contribution < 1.29 is 88.5 Å². The Labute approximate surface area is 275 Å². The quantitative estimate of drug-likeness (QED) is 0.0419. The minimum atomic E-state index is -3.49. The van der Waals surface area contributed by atoms with Gasteiger partial charge < -0.3 is 9.47 Å². The van der Waals surface area contributed by atoms with Gasteiger partial charge in [-0.3, -0.25) is 0 Å². The number of rotatable bonds is 6. The highest BCUT2D eigenvalue weighted by molar-refractivity contribution is 7.99. The van der Waals surface area contributed by atoms with Gasteiger partial charge in [0, 0.05) is 0 Å². The molecule has 0 aliphatic carbocycles. The Balaban J connectivity index is 1.69. The van der Waals surface area contributed by atoms with Gasteiger partial charge in [-0.15, -0.1) is 0 Å². The zero-order valence-corrected chi connectivity index (χ0v) is 24.3. The summed E-state index contributed by atoms with van der Waals surface area (Å²) in [6, 6.07) is 0. The molecule has 0 saturated heterocycles. The molecular weight excluding hydrogens is 784 g/mol. The molecular formula is C28HF18N3O2S. The highest BCUT2D eigenvalue weighted by atomic mass is 32.2. The minimum Gasteiger partial charge on any atom is -0.441 e. The van der Waals surface area contributed by atoms with E-state index in [4.69, 9.17) is 9.47 Å². The summed E-state index contributed by atoms with van der Waals surface area (Å²) < 4.78 is 271. The lowest BCUT2D eigenvalue weighted by Gasteiger charge is -2.23. The Morgan fingerprint density at radius 1 is 0.327 bits per heavy atom. The van der Waals surface area contributed by atoms with Crippen LogP contribution in [0.2, 0.25) is 0 Å². The molecule has 0 radical (unpaired) electrons. The van der Waals surface area contributed by atoms with Crippen LogP contribution < -0.4 is 9.47 Å². The first kappa shape index (κ1) is 36.4. The van der Waals surface area contributed by atoms with Crippen molar-refractivity contribution in [1.82, 2.24) is 15.0 Å². The fourth-order valence-electron chi connectivity index (χ4n) is 4.54. The van der Waals surface area contributed by atoms with E-state index < -0.39 is 172 Å². The maximum Gasteiger partial charge on any atom is 0.295 e. The number of fused-ring (bicyclic) bond motifs is 3. The first-order valence-electron chi connectivity index (χ1n) is 12.8. The first-order valence-corrected chi connectivity index (χ1v) is 13.7. The average molecular weight is 785 g/mol. The van der Waals surface area contributed by atoms with Crippen LogP contribution in [0.3, 0.4) is 0 Å². The molecule has 0 N–H and O–H groups in total. The van der Waals surface area contributed by atoms with E-state index in [1.165, 1.54) is 0 Å². The summed E-state index contributed by atoms with van der Waals surface area (Å²) in [5, 5.41) is -6.01. The van der Waals surface area contributed by atoms with Crippen LogP contribution in [0.4, 0.5) is 79.0 Å². The van der Waals surface area contributed by atoms with Gasteiger partial charge in [-0.05, 0) is 11.8 Å². The van der Waals surface area contributed by atoms with Crippen molar-refractivity contribution in [1.29, 1.82) is 0 Å². The Morgan fingerprint density at radius 2 is 0.615 bits per heavy atom. The van der Waals surface area contributed by atoms with E-state index in [2.05, 4.69) is 15.0 Å². The van der Waals surface area contributed by atoms with Crippen LogP contribution in [0.5, 0.6) is 11.5 Å². The molecule has 52 heavy (non-hydrogen) atoms. The summed E-state index contributed by atoms with van der Waals surface area (Å²) in [6.45, 7) is 0. The van der Waals surface area contributed by atoms with Gasteiger partial charge in [0.15, 0.2) is 87.1 Å². The van der Waals surface area contributed by atoms with Gasteiger partial charge in [0.25, 0.3) is 23.5 Å². The Kier molecular flexibility index (Phi) is 8.86. The van der Waals surface area contributed by atoms with Crippen molar-refractivity contribution in [3.63, 3.8) is 0 Å². The lowest BCUT2D eigenvalue weighted by atomic mass is 10.1. The van der Waals surface area contributed by atoms with Gasteiger partial charge >= 0.3 is 0 Å². The molecule has 272 valence electrons. The molecule has 3 aromatic heterocycles. The van der Waals surface area contributed by atoms with Gasteiger partial charge in [-0.1, -0.05) is 0 Å². The predicted octanol–water partition coefficient (Wildman–Crippen LogP) is 9.37. The third-order valence-electron chi connectivity index (χ3n) is 6.82. The molecule has 0 atom stereocenters. The minimum absolute atomic E-state index is 1.02. The lowest BCUT2D eigenvalue weighted by molar-refractivity contribution is 0.0774. The highest BCUT2D eigenvalue weighted by Crippen LogP contribution is 2.44. The van der Waals surface area contributed by atoms with E-state index in [0.29, 0.717) is 0 Å². The van der Waals surface area contributed by atoms with Gasteiger partial charge in [0.1, 0.15) is 16.6 Å². The zero-order valence-electron chi connectivity index (χ0n) is 23.4. The van der Waals surface area contributed by atoms with Crippen LogP contribution in [-0.4, -0.2) is 20.6 Å².